The van der Waals surface area contributed by atoms with Crippen LogP contribution in [-0.4, -0.2) is 5.11 Å². The molecule has 0 spiro atoms. The van der Waals surface area contributed by atoms with E-state index in [1.165, 1.54) is 6.07 Å². The first-order valence-electron chi connectivity index (χ1n) is 4.87. The van der Waals surface area contributed by atoms with Crippen molar-refractivity contribution >= 4 is 5.76 Å². The SMILES string of the molecule is CC/C=C(/O)c1cc(CC)ccc1F. The van der Waals surface area contributed by atoms with Crippen molar-refractivity contribution in [2.75, 3.05) is 0 Å². The molecule has 1 N–H and O–H groups in total. The third-order valence-electron chi connectivity index (χ3n) is 2.11. The molecule has 0 atom stereocenters. The van der Waals surface area contributed by atoms with E-state index in [0.29, 0.717) is 12.0 Å². The van der Waals surface area contributed by atoms with Crippen LogP contribution >= 0.6 is 0 Å². The van der Waals surface area contributed by atoms with E-state index < -0.39 is 0 Å². The maximum absolute atomic E-state index is 13.3. The van der Waals surface area contributed by atoms with Crippen LogP contribution in [0.25, 0.3) is 5.76 Å². The Hall–Kier alpha value is -1.31. The van der Waals surface area contributed by atoms with Crippen molar-refractivity contribution in [2.24, 2.45) is 0 Å². The monoisotopic (exact) mass is 194 g/mol. The van der Waals surface area contributed by atoms with Gasteiger partial charge in [-0.1, -0.05) is 19.9 Å². The molecule has 0 radical (unpaired) electrons. The standard InChI is InChI=1S/C12H15FO/c1-3-5-12(14)10-8-9(4-2)6-7-11(10)13/h5-8,14H,3-4H2,1-2H3/b12-5+. The molecule has 1 nitrogen and oxygen atoms in total. The molecule has 14 heavy (non-hydrogen) atoms. The van der Waals surface area contributed by atoms with Crippen LogP contribution in [0.3, 0.4) is 0 Å². The van der Waals surface area contributed by atoms with Gasteiger partial charge in [0.25, 0.3) is 0 Å². The van der Waals surface area contributed by atoms with Gasteiger partial charge in [-0.25, -0.2) is 4.39 Å². The topological polar surface area (TPSA) is 20.2 Å². The first-order chi connectivity index (χ1) is 6.69. The number of aliphatic hydroxyl groups excluding tert-OH is 1. The van der Waals surface area contributed by atoms with Crippen molar-refractivity contribution in [2.45, 2.75) is 26.7 Å². The quantitative estimate of drug-likeness (QED) is 0.727. The summed E-state index contributed by atoms with van der Waals surface area (Å²) in [5.74, 6) is -0.343. The second kappa shape index (κ2) is 4.80. The molecule has 0 aromatic heterocycles. The van der Waals surface area contributed by atoms with Gasteiger partial charge in [-0.15, -0.1) is 0 Å². The van der Waals surface area contributed by atoms with Gasteiger partial charge in [-0.05, 0) is 36.6 Å². The molecule has 1 aromatic carbocycles. The molecule has 1 rings (SSSR count). The normalized spacial score (nSPS) is 11.8. The van der Waals surface area contributed by atoms with E-state index in [2.05, 4.69) is 0 Å². The van der Waals surface area contributed by atoms with Gasteiger partial charge >= 0.3 is 0 Å². The minimum atomic E-state index is -0.371. The number of hydrogen-bond acceptors (Lipinski definition) is 1. The lowest BCUT2D eigenvalue weighted by Gasteiger charge is -2.04. The minimum Gasteiger partial charge on any atom is -0.508 e. The number of aliphatic hydroxyl groups is 1. The zero-order chi connectivity index (χ0) is 10.6. The summed E-state index contributed by atoms with van der Waals surface area (Å²) in [5, 5.41) is 9.54. The highest BCUT2D eigenvalue weighted by Gasteiger charge is 2.06. The summed E-state index contributed by atoms with van der Waals surface area (Å²) in [6.45, 7) is 3.90. The lowest BCUT2D eigenvalue weighted by molar-refractivity contribution is 0.500. The fourth-order valence-corrected chi connectivity index (χ4v) is 1.29. The van der Waals surface area contributed by atoms with E-state index in [0.717, 1.165) is 12.0 Å². The number of aryl methyl sites for hydroxylation is 1. The Morgan fingerprint density at radius 2 is 2.14 bits per heavy atom. The molecule has 76 valence electrons. The van der Waals surface area contributed by atoms with Gasteiger partial charge in [0, 0.05) is 0 Å². The average Bonchev–Trinajstić information content (AvgIpc) is 2.19. The van der Waals surface area contributed by atoms with Crippen LogP contribution in [0, 0.1) is 5.82 Å². The lowest BCUT2D eigenvalue weighted by Crippen LogP contribution is -1.91. The van der Waals surface area contributed by atoms with Crippen LogP contribution in [0.1, 0.15) is 31.4 Å². The minimum absolute atomic E-state index is 0.0281. The number of benzene rings is 1. The summed E-state index contributed by atoms with van der Waals surface area (Å²) in [5.41, 5.74) is 1.32. The molecular formula is C12H15FO. The smallest absolute Gasteiger partial charge is 0.134 e. The Labute approximate surface area is 83.9 Å². The van der Waals surface area contributed by atoms with Crippen LogP contribution in [0.5, 0.6) is 0 Å². The van der Waals surface area contributed by atoms with Gasteiger partial charge in [0.1, 0.15) is 11.6 Å². The predicted octanol–water partition coefficient (Wildman–Crippen LogP) is 3.70. The molecular weight excluding hydrogens is 179 g/mol. The summed E-state index contributed by atoms with van der Waals surface area (Å²) in [7, 11) is 0. The third kappa shape index (κ3) is 2.34. The van der Waals surface area contributed by atoms with E-state index in [9.17, 15) is 9.50 Å². The number of allylic oxidation sites excluding steroid dienone is 1. The Morgan fingerprint density at radius 3 is 2.71 bits per heavy atom. The summed E-state index contributed by atoms with van der Waals surface area (Å²) >= 11 is 0. The second-order valence-corrected chi connectivity index (χ2v) is 3.17. The van der Waals surface area contributed by atoms with E-state index in [1.807, 2.05) is 13.8 Å². The maximum atomic E-state index is 13.3. The second-order valence-electron chi connectivity index (χ2n) is 3.17. The van der Waals surface area contributed by atoms with E-state index in [1.54, 1.807) is 18.2 Å². The number of rotatable bonds is 3. The van der Waals surface area contributed by atoms with Crippen molar-refractivity contribution in [1.82, 2.24) is 0 Å². The number of hydrogen-bond donors (Lipinski definition) is 1. The molecule has 0 fully saturated rings. The summed E-state index contributed by atoms with van der Waals surface area (Å²) < 4.78 is 13.3. The molecule has 1 aromatic rings. The van der Waals surface area contributed by atoms with Gasteiger partial charge in [-0.2, -0.15) is 0 Å². The highest BCUT2D eigenvalue weighted by molar-refractivity contribution is 5.59. The molecule has 0 aliphatic rings. The maximum Gasteiger partial charge on any atom is 0.134 e. The van der Waals surface area contributed by atoms with Crippen LogP contribution in [0.2, 0.25) is 0 Å². The molecule has 0 saturated heterocycles. The molecule has 0 aliphatic heterocycles. The number of halogens is 1. The Kier molecular flexibility index (Phi) is 3.69. The van der Waals surface area contributed by atoms with E-state index in [4.69, 9.17) is 0 Å². The summed E-state index contributed by atoms with van der Waals surface area (Å²) in [4.78, 5) is 0. The van der Waals surface area contributed by atoms with Crippen LogP contribution in [0.4, 0.5) is 4.39 Å². The molecule has 0 aliphatic carbocycles. The molecule has 0 bridgehead atoms. The highest BCUT2D eigenvalue weighted by atomic mass is 19.1. The van der Waals surface area contributed by atoms with Gasteiger partial charge in [0.05, 0.1) is 5.56 Å². The highest BCUT2D eigenvalue weighted by Crippen LogP contribution is 2.18. The van der Waals surface area contributed by atoms with Crippen LogP contribution in [0.15, 0.2) is 24.3 Å². The Bertz CT molecular complexity index is 342. The largest absolute Gasteiger partial charge is 0.508 e. The van der Waals surface area contributed by atoms with Gasteiger partial charge in [0.15, 0.2) is 0 Å². The lowest BCUT2D eigenvalue weighted by atomic mass is 10.1. The van der Waals surface area contributed by atoms with Gasteiger partial charge in [0.2, 0.25) is 0 Å². The fourth-order valence-electron chi connectivity index (χ4n) is 1.29. The predicted molar refractivity (Wildman–Crippen MR) is 56.7 cm³/mol. The molecule has 2 heteroatoms. The first kappa shape index (κ1) is 10.8. The van der Waals surface area contributed by atoms with Crippen molar-refractivity contribution in [3.63, 3.8) is 0 Å². The van der Waals surface area contributed by atoms with E-state index >= 15 is 0 Å². The molecule has 0 amide bonds. The van der Waals surface area contributed by atoms with Crippen molar-refractivity contribution < 1.29 is 9.50 Å². The zero-order valence-corrected chi connectivity index (χ0v) is 8.55. The Balaban J connectivity index is 3.12. The third-order valence-corrected chi connectivity index (χ3v) is 2.11. The van der Waals surface area contributed by atoms with Crippen LogP contribution in [-0.2, 0) is 6.42 Å². The molecule has 0 saturated carbocycles. The zero-order valence-electron chi connectivity index (χ0n) is 8.55. The van der Waals surface area contributed by atoms with Crippen molar-refractivity contribution in [3.8, 4) is 0 Å². The van der Waals surface area contributed by atoms with Gasteiger partial charge < -0.3 is 5.11 Å². The summed E-state index contributed by atoms with van der Waals surface area (Å²) in [6.07, 6.45) is 3.15. The average molecular weight is 194 g/mol. The Morgan fingerprint density at radius 1 is 1.43 bits per heavy atom. The molecule has 0 heterocycles. The van der Waals surface area contributed by atoms with Gasteiger partial charge in [-0.3, -0.25) is 0 Å². The summed E-state index contributed by atoms with van der Waals surface area (Å²) in [6, 6.07) is 4.82. The molecule has 0 unspecified atom stereocenters. The van der Waals surface area contributed by atoms with Crippen molar-refractivity contribution in [1.29, 1.82) is 0 Å². The van der Waals surface area contributed by atoms with Crippen molar-refractivity contribution in [3.05, 3.63) is 41.2 Å². The fraction of sp³-hybridized carbons (Fsp3) is 0.333. The van der Waals surface area contributed by atoms with E-state index in [-0.39, 0.29) is 11.6 Å². The van der Waals surface area contributed by atoms with Crippen LogP contribution < -0.4 is 0 Å². The first-order valence-corrected chi connectivity index (χ1v) is 4.87.